The molecule has 2 atom stereocenters. The monoisotopic (exact) mass is 260 g/mol. The van der Waals surface area contributed by atoms with E-state index in [0.29, 0.717) is 32.3 Å². The summed E-state index contributed by atoms with van der Waals surface area (Å²) in [6.07, 6.45) is 1.86. The Bertz CT molecular complexity index is 206. The van der Waals surface area contributed by atoms with Gasteiger partial charge in [-0.05, 0) is 38.8 Å². The van der Waals surface area contributed by atoms with E-state index in [1.165, 1.54) is 0 Å². The molecule has 108 valence electrons. The van der Waals surface area contributed by atoms with Crippen LogP contribution in [0.25, 0.3) is 0 Å². The van der Waals surface area contributed by atoms with E-state index < -0.39 is 6.10 Å². The summed E-state index contributed by atoms with van der Waals surface area (Å²) < 4.78 is 10.2. The summed E-state index contributed by atoms with van der Waals surface area (Å²) in [6.45, 7) is 6.34. The number of ether oxygens (including phenoxy) is 2. The minimum absolute atomic E-state index is 0.287. The topological polar surface area (TPSA) is 68.0 Å². The lowest BCUT2D eigenvalue weighted by molar-refractivity contribution is -0.00500. The predicted octanol–water partition coefficient (Wildman–Crippen LogP) is 0.0695. The lowest BCUT2D eigenvalue weighted by Crippen LogP contribution is -2.43. The van der Waals surface area contributed by atoms with E-state index in [9.17, 15) is 5.11 Å². The van der Waals surface area contributed by atoms with Gasteiger partial charge in [0.1, 0.15) is 0 Å². The van der Waals surface area contributed by atoms with Gasteiger partial charge in [0.05, 0.1) is 25.9 Å². The fourth-order valence-corrected chi connectivity index (χ4v) is 2.37. The number of methoxy groups -OCH3 is 1. The molecule has 1 aliphatic rings. The van der Waals surface area contributed by atoms with Crippen LogP contribution in [0.4, 0.5) is 0 Å². The van der Waals surface area contributed by atoms with Crippen molar-refractivity contribution in [3.63, 3.8) is 0 Å². The zero-order valence-corrected chi connectivity index (χ0v) is 11.7. The zero-order valence-electron chi connectivity index (χ0n) is 11.7. The van der Waals surface area contributed by atoms with E-state index in [1.807, 2.05) is 0 Å². The third kappa shape index (κ3) is 6.11. The highest BCUT2D eigenvalue weighted by Gasteiger charge is 2.23. The van der Waals surface area contributed by atoms with E-state index in [4.69, 9.17) is 15.2 Å². The number of piperidine rings is 1. The van der Waals surface area contributed by atoms with Gasteiger partial charge < -0.3 is 25.2 Å². The SMILES string of the molecule is COCCOCC(O)CN1CCC(C(C)N)CC1. The molecule has 0 aromatic heterocycles. The van der Waals surface area contributed by atoms with Crippen molar-refractivity contribution in [1.29, 1.82) is 0 Å². The van der Waals surface area contributed by atoms with Crippen LogP contribution in [0.5, 0.6) is 0 Å². The Morgan fingerprint density at radius 2 is 2.00 bits per heavy atom. The Balaban J connectivity index is 2.08. The molecule has 1 aliphatic heterocycles. The molecule has 2 unspecified atom stereocenters. The number of nitrogens with zero attached hydrogens (tertiary/aromatic N) is 1. The van der Waals surface area contributed by atoms with E-state index in [-0.39, 0.29) is 6.04 Å². The van der Waals surface area contributed by atoms with Crippen LogP contribution in [0.3, 0.4) is 0 Å². The summed E-state index contributed by atoms with van der Waals surface area (Å²) >= 11 is 0. The molecule has 1 heterocycles. The van der Waals surface area contributed by atoms with Gasteiger partial charge in [-0.15, -0.1) is 0 Å². The van der Waals surface area contributed by atoms with E-state index in [1.54, 1.807) is 7.11 Å². The highest BCUT2D eigenvalue weighted by Crippen LogP contribution is 2.19. The Morgan fingerprint density at radius 3 is 2.56 bits per heavy atom. The Hall–Kier alpha value is -0.200. The second-order valence-electron chi connectivity index (χ2n) is 5.22. The molecule has 0 radical (unpaired) electrons. The molecule has 0 aliphatic carbocycles. The van der Waals surface area contributed by atoms with Crippen LogP contribution < -0.4 is 5.73 Å². The van der Waals surface area contributed by atoms with Gasteiger partial charge in [-0.2, -0.15) is 0 Å². The highest BCUT2D eigenvalue weighted by molar-refractivity contribution is 4.78. The Morgan fingerprint density at radius 1 is 1.33 bits per heavy atom. The van der Waals surface area contributed by atoms with Crippen molar-refractivity contribution in [2.24, 2.45) is 11.7 Å². The molecule has 0 saturated carbocycles. The average Bonchev–Trinajstić information content (AvgIpc) is 2.35. The molecule has 5 heteroatoms. The van der Waals surface area contributed by atoms with Gasteiger partial charge in [-0.3, -0.25) is 0 Å². The van der Waals surface area contributed by atoms with Crippen molar-refractivity contribution in [2.45, 2.75) is 31.9 Å². The van der Waals surface area contributed by atoms with Crippen LogP contribution in [0, 0.1) is 5.92 Å². The van der Waals surface area contributed by atoms with Crippen LogP contribution in [0.1, 0.15) is 19.8 Å². The third-order valence-electron chi connectivity index (χ3n) is 3.59. The van der Waals surface area contributed by atoms with Crippen molar-refractivity contribution < 1.29 is 14.6 Å². The number of hydrogen-bond donors (Lipinski definition) is 2. The molecule has 5 nitrogen and oxygen atoms in total. The van der Waals surface area contributed by atoms with Crippen LogP contribution in [0.15, 0.2) is 0 Å². The van der Waals surface area contributed by atoms with E-state index in [2.05, 4.69) is 11.8 Å². The van der Waals surface area contributed by atoms with Gasteiger partial charge in [-0.25, -0.2) is 0 Å². The summed E-state index contributed by atoms with van der Waals surface area (Å²) in [6, 6.07) is 0.287. The van der Waals surface area contributed by atoms with Crippen molar-refractivity contribution >= 4 is 0 Å². The lowest BCUT2D eigenvalue weighted by atomic mass is 9.91. The van der Waals surface area contributed by atoms with Gasteiger partial charge >= 0.3 is 0 Å². The normalized spacial score (nSPS) is 22.0. The maximum absolute atomic E-state index is 9.84. The van der Waals surface area contributed by atoms with Gasteiger partial charge in [0.2, 0.25) is 0 Å². The minimum Gasteiger partial charge on any atom is -0.389 e. The van der Waals surface area contributed by atoms with E-state index in [0.717, 1.165) is 25.9 Å². The quantitative estimate of drug-likeness (QED) is 0.605. The van der Waals surface area contributed by atoms with Gasteiger partial charge in [0, 0.05) is 19.7 Å². The molecule has 3 N–H and O–H groups in total. The molecule has 18 heavy (non-hydrogen) atoms. The number of nitrogens with two attached hydrogens (primary N) is 1. The second-order valence-corrected chi connectivity index (χ2v) is 5.22. The number of rotatable bonds is 8. The van der Waals surface area contributed by atoms with Crippen LogP contribution in [0.2, 0.25) is 0 Å². The number of hydrogen-bond acceptors (Lipinski definition) is 5. The zero-order chi connectivity index (χ0) is 13.4. The smallest absolute Gasteiger partial charge is 0.0900 e. The summed E-state index contributed by atoms with van der Waals surface area (Å²) in [5, 5.41) is 9.84. The summed E-state index contributed by atoms with van der Waals surface area (Å²) in [5.41, 5.74) is 5.91. The van der Waals surface area contributed by atoms with Crippen LogP contribution in [-0.2, 0) is 9.47 Å². The molecule has 0 amide bonds. The average molecular weight is 260 g/mol. The molecular formula is C13H28N2O3. The van der Waals surface area contributed by atoms with Gasteiger partial charge in [-0.1, -0.05) is 0 Å². The lowest BCUT2D eigenvalue weighted by Gasteiger charge is -2.34. The Kier molecular flexibility index (Phi) is 7.77. The summed E-state index contributed by atoms with van der Waals surface area (Å²) in [5.74, 6) is 0.636. The number of aliphatic hydroxyl groups is 1. The molecule has 0 spiro atoms. The van der Waals surface area contributed by atoms with Gasteiger partial charge in [0.25, 0.3) is 0 Å². The van der Waals surface area contributed by atoms with Crippen LogP contribution >= 0.6 is 0 Å². The second kappa shape index (κ2) is 8.82. The van der Waals surface area contributed by atoms with Crippen molar-refractivity contribution in [3.05, 3.63) is 0 Å². The first kappa shape index (κ1) is 15.9. The fourth-order valence-electron chi connectivity index (χ4n) is 2.37. The standard InChI is InChI=1S/C13H28N2O3/c1-11(14)12-3-5-15(6-4-12)9-13(16)10-18-8-7-17-2/h11-13,16H,3-10,14H2,1-2H3. The molecule has 0 aromatic rings. The molecule has 0 bridgehead atoms. The van der Waals surface area contributed by atoms with Crippen molar-refractivity contribution in [1.82, 2.24) is 4.90 Å². The number of β-amino-alcohol motifs (C(OH)–C–C–N with tert-alkyl or cyclic N) is 1. The minimum atomic E-state index is -0.409. The molecule has 1 fully saturated rings. The highest BCUT2D eigenvalue weighted by atomic mass is 16.5. The Labute approximate surface area is 110 Å². The molecule has 1 saturated heterocycles. The summed E-state index contributed by atoms with van der Waals surface area (Å²) in [4.78, 5) is 2.29. The summed E-state index contributed by atoms with van der Waals surface area (Å²) in [7, 11) is 1.64. The predicted molar refractivity (Wildman–Crippen MR) is 71.5 cm³/mol. The molecule has 0 aromatic carbocycles. The molecule has 1 rings (SSSR count). The third-order valence-corrected chi connectivity index (χ3v) is 3.59. The largest absolute Gasteiger partial charge is 0.389 e. The van der Waals surface area contributed by atoms with Crippen LogP contribution in [-0.4, -0.2) is 68.7 Å². The number of aliphatic hydroxyl groups excluding tert-OH is 1. The van der Waals surface area contributed by atoms with E-state index >= 15 is 0 Å². The maximum Gasteiger partial charge on any atom is 0.0900 e. The number of likely N-dealkylation sites (tertiary alicyclic amines) is 1. The molecular weight excluding hydrogens is 232 g/mol. The fraction of sp³-hybridized carbons (Fsp3) is 1.00. The van der Waals surface area contributed by atoms with Crippen molar-refractivity contribution in [3.8, 4) is 0 Å². The first-order chi connectivity index (χ1) is 8.63. The van der Waals surface area contributed by atoms with Gasteiger partial charge in [0.15, 0.2) is 0 Å². The first-order valence-corrected chi connectivity index (χ1v) is 6.86. The maximum atomic E-state index is 9.84. The van der Waals surface area contributed by atoms with Crippen molar-refractivity contribution in [2.75, 3.05) is 46.6 Å². The first-order valence-electron chi connectivity index (χ1n) is 6.86.